The van der Waals surface area contributed by atoms with Gasteiger partial charge in [-0.15, -0.1) is 6.58 Å². The minimum atomic E-state index is 0.0534. The van der Waals surface area contributed by atoms with Crippen LogP contribution in [0.25, 0.3) is 22.3 Å². The van der Waals surface area contributed by atoms with E-state index in [-0.39, 0.29) is 5.43 Å². The van der Waals surface area contributed by atoms with E-state index in [1.54, 1.807) is 0 Å². The molecule has 0 aliphatic heterocycles. The Kier molecular flexibility index (Phi) is 4.01. The molecule has 22 heavy (non-hydrogen) atoms. The molecule has 0 aliphatic rings. The molecule has 108 valence electrons. The van der Waals surface area contributed by atoms with Crippen LogP contribution in [0.3, 0.4) is 0 Å². The van der Waals surface area contributed by atoms with Gasteiger partial charge in [-0.25, -0.2) is 0 Å². The molecular weight excluding hydrogens is 270 g/mol. The fourth-order valence-electron chi connectivity index (χ4n) is 2.53. The van der Waals surface area contributed by atoms with Gasteiger partial charge in [0, 0.05) is 30.1 Å². The maximum Gasteiger partial charge on any atom is 0.197 e. The molecule has 2 aromatic carbocycles. The number of allylic oxidation sites excluding steroid dienone is 1. The molecule has 0 N–H and O–H groups in total. The number of aromatic nitrogens is 1. The van der Waals surface area contributed by atoms with Gasteiger partial charge in [0.05, 0.1) is 0 Å². The molecule has 0 amide bonds. The summed E-state index contributed by atoms with van der Waals surface area (Å²) in [5, 5.41) is 0. The Bertz CT molecular complexity index is 769. The highest BCUT2D eigenvalue weighted by Crippen LogP contribution is 2.21. The summed E-state index contributed by atoms with van der Waals surface area (Å²) in [5.41, 5.74) is 3.34. The predicted octanol–water partition coefficient (Wildman–Crippen LogP) is 4.37. The molecule has 0 spiro atoms. The standard InChI is InChI=1S/C20H17NO/c1-2-13-21-14-18(16-9-5-3-6-10-16)20(22)19(15-21)17-11-7-4-8-12-17/h2-12,14-15H,1,13H2. The monoisotopic (exact) mass is 287 g/mol. The Hall–Kier alpha value is -2.87. The summed E-state index contributed by atoms with van der Waals surface area (Å²) in [7, 11) is 0. The van der Waals surface area contributed by atoms with Gasteiger partial charge < -0.3 is 4.57 Å². The van der Waals surface area contributed by atoms with Gasteiger partial charge in [-0.2, -0.15) is 0 Å². The lowest BCUT2D eigenvalue weighted by molar-refractivity contribution is 0.816. The Morgan fingerprint density at radius 2 is 1.27 bits per heavy atom. The number of nitrogens with zero attached hydrogens (tertiary/aromatic N) is 1. The van der Waals surface area contributed by atoms with E-state index in [1.807, 2.05) is 83.7 Å². The molecule has 2 nitrogen and oxygen atoms in total. The molecule has 2 heteroatoms. The Balaban J connectivity index is 2.25. The van der Waals surface area contributed by atoms with E-state index < -0.39 is 0 Å². The third-order valence-electron chi connectivity index (χ3n) is 3.59. The summed E-state index contributed by atoms with van der Waals surface area (Å²) in [6, 6.07) is 19.5. The molecule has 1 aromatic heterocycles. The number of hydrogen-bond donors (Lipinski definition) is 0. The Morgan fingerprint density at radius 3 is 1.68 bits per heavy atom. The average Bonchev–Trinajstić information content (AvgIpc) is 2.58. The van der Waals surface area contributed by atoms with E-state index in [1.165, 1.54) is 0 Å². The van der Waals surface area contributed by atoms with E-state index >= 15 is 0 Å². The molecule has 0 atom stereocenters. The summed E-state index contributed by atoms with van der Waals surface area (Å²) < 4.78 is 2.00. The van der Waals surface area contributed by atoms with Gasteiger partial charge in [-0.05, 0) is 11.1 Å². The average molecular weight is 287 g/mol. The number of benzene rings is 2. The first-order chi connectivity index (χ1) is 10.8. The molecule has 3 aromatic rings. The molecule has 0 unspecified atom stereocenters. The van der Waals surface area contributed by atoms with Crippen molar-refractivity contribution in [3.8, 4) is 22.3 Å². The lowest BCUT2D eigenvalue weighted by Crippen LogP contribution is -2.12. The van der Waals surface area contributed by atoms with Crippen LogP contribution in [0.1, 0.15) is 0 Å². The van der Waals surface area contributed by atoms with Crippen LogP contribution in [0.2, 0.25) is 0 Å². The zero-order valence-electron chi connectivity index (χ0n) is 12.3. The van der Waals surface area contributed by atoms with Crippen LogP contribution in [-0.2, 0) is 6.54 Å². The first kappa shape index (κ1) is 14.1. The summed E-state index contributed by atoms with van der Waals surface area (Å²) in [6.07, 6.45) is 5.62. The predicted molar refractivity (Wildman–Crippen MR) is 91.8 cm³/mol. The Labute approximate surface area is 130 Å². The first-order valence-electron chi connectivity index (χ1n) is 7.25. The van der Waals surface area contributed by atoms with Gasteiger partial charge in [0.1, 0.15) is 0 Å². The maximum atomic E-state index is 12.9. The van der Waals surface area contributed by atoms with E-state index in [4.69, 9.17) is 0 Å². The zero-order chi connectivity index (χ0) is 15.4. The molecule has 0 saturated carbocycles. The van der Waals surface area contributed by atoms with Gasteiger partial charge in [0.15, 0.2) is 5.43 Å². The summed E-state index contributed by atoms with van der Waals surface area (Å²) in [5.74, 6) is 0. The van der Waals surface area contributed by atoms with Crippen molar-refractivity contribution < 1.29 is 0 Å². The third kappa shape index (κ3) is 2.77. The van der Waals surface area contributed by atoms with Gasteiger partial charge >= 0.3 is 0 Å². The number of rotatable bonds is 4. The quantitative estimate of drug-likeness (QED) is 0.653. The van der Waals surface area contributed by atoms with Crippen LogP contribution in [0.5, 0.6) is 0 Å². The largest absolute Gasteiger partial charge is 0.349 e. The van der Waals surface area contributed by atoms with Crippen molar-refractivity contribution in [3.63, 3.8) is 0 Å². The van der Waals surface area contributed by atoms with E-state index in [9.17, 15) is 4.79 Å². The number of hydrogen-bond acceptors (Lipinski definition) is 1. The molecule has 0 fully saturated rings. The zero-order valence-corrected chi connectivity index (χ0v) is 12.3. The molecule has 0 radical (unpaired) electrons. The molecule has 0 bridgehead atoms. The topological polar surface area (TPSA) is 22.0 Å². The smallest absolute Gasteiger partial charge is 0.197 e. The molecule has 0 aliphatic carbocycles. The fourth-order valence-corrected chi connectivity index (χ4v) is 2.53. The van der Waals surface area contributed by atoms with Gasteiger partial charge in [0.2, 0.25) is 0 Å². The highest BCUT2D eigenvalue weighted by molar-refractivity contribution is 5.71. The van der Waals surface area contributed by atoms with Gasteiger partial charge in [-0.1, -0.05) is 66.7 Å². The van der Waals surface area contributed by atoms with Crippen molar-refractivity contribution in [2.45, 2.75) is 6.54 Å². The lowest BCUT2D eigenvalue weighted by Gasteiger charge is -2.11. The van der Waals surface area contributed by atoms with E-state index in [2.05, 4.69) is 6.58 Å². The second-order valence-corrected chi connectivity index (χ2v) is 5.13. The van der Waals surface area contributed by atoms with Crippen molar-refractivity contribution in [1.82, 2.24) is 4.57 Å². The normalized spacial score (nSPS) is 10.4. The van der Waals surface area contributed by atoms with Crippen LogP contribution in [0.4, 0.5) is 0 Å². The van der Waals surface area contributed by atoms with E-state index in [0.29, 0.717) is 17.7 Å². The highest BCUT2D eigenvalue weighted by atomic mass is 16.1. The second kappa shape index (κ2) is 6.27. The maximum absolute atomic E-state index is 12.9. The van der Waals surface area contributed by atoms with Crippen molar-refractivity contribution in [1.29, 1.82) is 0 Å². The lowest BCUT2D eigenvalue weighted by atomic mass is 10.0. The highest BCUT2D eigenvalue weighted by Gasteiger charge is 2.10. The molecular formula is C20H17NO. The molecule has 1 heterocycles. The Morgan fingerprint density at radius 1 is 0.818 bits per heavy atom. The summed E-state index contributed by atoms with van der Waals surface area (Å²) in [6.45, 7) is 4.45. The molecule has 3 rings (SSSR count). The minimum absolute atomic E-state index is 0.0534. The van der Waals surface area contributed by atoms with Gasteiger partial charge in [0.25, 0.3) is 0 Å². The first-order valence-corrected chi connectivity index (χ1v) is 7.25. The van der Waals surface area contributed by atoms with Gasteiger partial charge in [-0.3, -0.25) is 4.79 Å². The van der Waals surface area contributed by atoms with Crippen molar-refractivity contribution >= 4 is 0 Å². The number of pyridine rings is 1. The SMILES string of the molecule is C=CCn1cc(-c2ccccc2)c(=O)c(-c2ccccc2)c1. The second-order valence-electron chi connectivity index (χ2n) is 5.13. The van der Waals surface area contributed by atoms with Crippen molar-refractivity contribution in [2.24, 2.45) is 0 Å². The summed E-state index contributed by atoms with van der Waals surface area (Å²) in [4.78, 5) is 12.9. The van der Waals surface area contributed by atoms with E-state index in [0.717, 1.165) is 11.1 Å². The van der Waals surface area contributed by atoms with Crippen LogP contribution in [0.15, 0.2) is 90.5 Å². The minimum Gasteiger partial charge on any atom is -0.349 e. The molecule has 0 saturated heterocycles. The third-order valence-corrected chi connectivity index (χ3v) is 3.59. The van der Waals surface area contributed by atoms with Crippen LogP contribution >= 0.6 is 0 Å². The fraction of sp³-hybridized carbons (Fsp3) is 0.0500. The van der Waals surface area contributed by atoms with Crippen molar-refractivity contribution in [3.05, 3.63) is 95.9 Å². The van der Waals surface area contributed by atoms with Crippen LogP contribution < -0.4 is 5.43 Å². The van der Waals surface area contributed by atoms with Crippen LogP contribution in [0, 0.1) is 0 Å². The van der Waals surface area contributed by atoms with Crippen LogP contribution in [-0.4, -0.2) is 4.57 Å². The summed E-state index contributed by atoms with van der Waals surface area (Å²) >= 11 is 0. The van der Waals surface area contributed by atoms with Crippen molar-refractivity contribution in [2.75, 3.05) is 0 Å².